The third-order valence-electron chi connectivity index (χ3n) is 5.57. The molecule has 1 N–H and O–H groups in total. The number of benzene rings is 2. The number of fused-ring (bicyclic) bond motifs is 2. The number of nitrogens with zero attached hydrogens (tertiary/aromatic N) is 4. The Hall–Kier alpha value is -3.61. The summed E-state index contributed by atoms with van der Waals surface area (Å²) in [5.41, 5.74) is 3.93. The third-order valence-corrected chi connectivity index (χ3v) is 6.36. The van der Waals surface area contributed by atoms with Crippen LogP contribution in [0.25, 0.3) is 33.4 Å². The van der Waals surface area contributed by atoms with Crippen molar-refractivity contribution in [2.24, 2.45) is 0 Å². The van der Waals surface area contributed by atoms with Crippen molar-refractivity contribution >= 4 is 45.0 Å². The molecule has 2 aromatic carbocycles. The summed E-state index contributed by atoms with van der Waals surface area (Å²) in [6.45, 7) is -1.98. The number of aromatic nitrogens is 4. The van der Waals surface area contributed by atoms with Gasteiger partial charge >= 0.3 is 11.9 Å². The zero-order chi connectivity index (χ0) is 24.7. The van der Waals surface area contributed by atoms with Crippen LogP contribution in [0.15, 0.2) is 78.0 Å². The normalized spacial score (nSPS) is 11.9. The summed E-state index contributed by atoms with van der Waals surface area (Å²) in [5.74, 6) is -0.897. The maximum atomic E-state index is 13.3. The van der Waals surface area contributed by atoms with E-state index in [0.29, 0.717) is 16.7 Å². The molecule has 5 rings (SSSR count). The summed E-state index contributed by atoms with van der Waals surface area (Å²) in [6, 6.07) is 18.1. The van der Waals surface area contributed by atoms with Gasteiger partial charge in [0.15, 0.2) is 0 Å². The number of carbonyl (C=O) groups excluding carboxylic acids is 1. The molecular formula is C24H17F3IN5O2. The van der Waals surface area contributed by atoms with Crippen molar-refractivity contribution in [1.29, 1.82) is 0 Å². The van der Waals surface area contributed by atoms with E-state index in [1.54, 1.807) is 42.7 Å². The van der Waals surface area contributed by atoms with Crippen LogP contribution >= 0.6 is 22.6 Å². The Kier molecular flexibility index (Phi) is 5.87. The predicted octanol–water partition coefficient (Wildman–Crippen LogP) is 4.39. The number of para-hydroxylation sites is 2. The molecule has 0 aliphatic heterocycles. The van der Waals surface area contributed by atoms with Gasteiger partial charge in [0.05, 0.1) is 22.2 Å². The van der Waals surface area contributed by atoms with E-state index in [2.05, 4.69) is 27.6 Å². The second-order valence-corrected chi connectivity index (χ2v) is 8.87. The van der Waals surface area contributed by atoms with Gasteiger partial charge in [0.1, 0.15) is 23.1 Å². The van der Waals surface area contributed by atoms with Crippen molar-refractivity contribution in [3.05, 3.63) is 87.4 Å². The summed E-state index contributed by atoms with van der Waals surface area (Å²) < 4.78 is 42.8. The lowest BCUT2D eigenvalue weighted by molar-refractivity contribution is -0.138. The molecule has 0 saturated carbocycles. The number of amides is 1. The average Bonchev–Trinajstić information content (AvgIpc) is 3.35. The van der Waals surface area contributed by atoms with Crippen molar-refractivity contribution in [2.45, 2.75) is 12.7 Å². The molecular weight excluding hydrogens is 574 g/mol. The molecule has 3 heterocycles. The van der Waals surface area contributed by atoms with Crippen molar-refractivity contribution in [1.82, 2.24) is 23.8 Å². The Bertz CT molecular complexity index is 1620. The van der Waals surface area contributed by atoms with E-state index in [-0.39, 0.29) is 0 Å². The molecule has 0 unspecified atom stereocenters. The van der Waals surface area contributed by atoms with Crippen LogP contribution in [-0.2, 0) is 11.3 Å². The molecule has 178 valence electrons. The van der Waals surface area contributed by atoms with Gasteiger partial charge in [0, 0.05) is 11.8 Å². The van der Waals surface area contributed by atoms with Crippen LogP contribution in [0.2, 0.25) is 0 Å². The van der Waals surface area contributed by atoms with Gasteiger partial charge < -0.3 is 9.72 Å². The number of pyridine rings is 1. The number of halogens is 4. The van der Waals surface area contributed by atoms with Gasteiger partial charge in [-0.2, -0.15) is 13.2 Å². The van der Waals surface area contributed by atoms with Crippen molar-refractivity contribution in [2.75, 3.05) is 6.54 Å². The first-order chi connectivity index (χ1) is 16.7. The molecule has 0 aliphatic carbocycles. The predicted molar refractivity (Wildman–Crippen MR) is 134 cm³/mol. The molecule has 0 fully saturated rings. The minimum Gasteiger partial charge on any atom is -0.345 e. The van der Waals surface area contributed by atoms with Crippen LogP contribution in [0.3, 0.4) is 0 Å². The standard InChI is InChI=1S/C24H17F3IN5O2/c25-24(26,27)13-29-20(34)12-32-18-5-1-2-6-19(18)33(23(32)35)16-9-7-15(8-10-16)17-4-3-11-31-14-30-22(28)21(17)31/h1-11,14H,12-13H2,(H,29,34). The van der Waals surface area contributed by atoms with E-state index < -0.39 is 30.9 Å². The van der Waals surface area contributed by atoms with Gasteiger partial charge in [-0.3, -0.25) is 13.9 Å². The minimum absolute atomic E-state index is 0.447. The van der Waals surface area contributed by atoms with Crippen LogP contribution in [-0.4, -0.2) is 37.1 Å². The summed E-state index contributed by atoms with van der Waals surface area (Å²) in [6.07, 6.45) is -0.869. The fourth-order valence-electron chi connectivity index (χ4n) is 4.04. The Morgan fingerprint density at radius 1 is 1.00 bits per heavy atom. The highest BCUT2D eigenvalue weighted by molar-refractivity contribution is 14.1. The summed E-state index contributed by atoms with van der Waals surface area (Å²) in [7, 11) is 0. The first-order valence-electron chi connectivity index (χ1n) is 10.5. The Morgan fingerprint density at radius 3 is 2.43 bits per heavy atom. The quantitative estimate of drug-likeness (QED) is 0.309. The number of hydrogen-bond donors (Lipinski definition) is 1. The monoisotopic (exact) mass is 591 g/mol. The largest absolute Gasteiger partial charge is 0.405 e. The highest BCUT2D eigenvalue weighted by Gasteiger charge is 2.28. The average molecular weight is 591 g/mol. The molecule has 0 bridgehead atoms. The first kappa shape index (κ1) is 23.1. The molecule has 7 nitrogen and oxygen atoms in total. The maximum absolute atomic E-state index is 13.3. The van der Waals surface area contributed by atoms with Gasteiger partial charge in [0.2, 0.25) is 5.91 Å². The summed E-state index contributed by atoms with van der Waals surface area (Å²) in [4.78, 5) is 29.8. The second-order valence-electron chi connectivity index (χ2n) is 7.84. The summed E-state index contributed by atoms with van der Waals surface area (Å²) >= 11 is 2.18. The van der Waals surface area contributed by atoms with E-state index in [9.17, 15) is 22.8 Å². The highest BCUT2D eigenvalue weighted by Crippen LogP contribution is 2.28. The van der Waals surface area contributed by atoms with Crippen LogP contribution < -0.4 is 11.0 Å². The summed E-state index contributed by atoms with van der Waals surface area (Å²) in [5, 5.41) is 1.81. The molecule has 11 heteroatoms. The lowest BCUT2D eigenvalue weighted by atomic mass is 10.1. The van der Waals surface area contributed by atoms with E-state index in [1.165, 1.54) is 9.13 Å². The van der Waals surface area contributed by atoms with Gasteiger partial charge in [0.25, 0.3) is 0 Å². The highest BCUT2D eigenvalue weighted by atomic mass is 127. The van der Waals surface area contributed by atoms with Crippen molar-refractivity contribution in [3.63, 3.8) is 0 Å². The van der Waals surface area contributed by atoms with E-state index in [4.69, 9.17) is 0 Å². The Labute approximate surface area is 210 Å². The smallest absolute Gasteiger partial charge is 0.345 e. The number of nitrogens with one attached hydrogen (secondary N) is 1. The van der Waals surface area contributed by atoms with Gasteiger partial charge in [-0.1, -0.05) is 30.3 Å². The van der Waals surface area contributed by atoms with E-state index >= 15 is 0 Å². The molecule has 0 saturated heterocycles. The fraction of sp³-hybridized carbons (Fsp3) is 0.125. The Balaban J connectivity index is 1.53. The van der Waals surface area contributed by atoms with Crippen LogP contribution in [0.1, 0.15) is 0 Å². The van der Waals surface area contributed by atoms with Crippen LogP contribution in [0.5, 0.6) is 0 Å². The number of alkyl halides is 3. The molecule has 0 aliphatic rings. The van der Waals surface area contributed by atoms with Crippen LogP contribution in [0, 0.1) is 3.70 Å². The zero-order valence-corrected chi connectivity index (χ0v) is 20.1. The van der Waals surface area contributed by atoms with Gasteiger partial charge in [-0.15, -0.1) is 0 Å². The van der Waals surface area contributed by atoms with E-state index in [0.717, 1.165) is 20.3 Å². The first-order valence-corrected chi connectivity index (χ1v) is 11.6. The molecule has 0 radical (unpaired) electrons. The molecule has 35 heavy (non-hydrogen) atoms. The second kappa shape index (κ2) is 8.87. The van der Waals surface area contributed by atoms with Gasteiger partial charge in [-0.05, 0) is 58.5 Å². The van der Waals surface area contributed by atoms with Gasteiger partial charge in [-0.25, -0.2) is 9.78 Å². The maximum Gasteiger partial charge on any atom is 0.405 e. The Morgan fingerprint density at radius 2 is 1.71 bits per heavy atom. The van der Waals surface area contributed by atoms with Crippen LogP contribution in [0.4, 0.5) is 13.2 Å². The number of imidazole rings is 2. The fourth-order valence-corrected chi connectivity index (χ4v) is 4.74. The molecule has 3 aromatic heterocycles. The molecule has 0 atom stereocenters. The lowest BCUT2D eigenvalue weighted by Gasteiger charge is -2.09. The minimum atomic E-state index is -4.53. The van der Waals surface area contributed by atoms with Crippen molar-refractivity contribution in [3.8, 4) is 16.8 Å². The number of hydrogen-bond acceptors (Lipinski definition) is 3. The lowest BCUT2D eigenvalue weighted by Crippen LogP contribution is -2.37. The number of rotatable bonds is 5. The molecule has 1 amide bonds. The molecule has 0 spiro atoms. The number of carbonyl (C=O) groups is 1. The zero-order valence-electron chi connectivity index (χ0n) is 18.0. The SMILES string of the molecule is O=C(Cn1c(=O)n(-c2ccc(-c3cccn4cnc(I)c34)cc2)c2ccccc21)NCC(F)(F)F. The van der Waals surface area contributed by atoms with E-state index in [1.807, 2.05) is 40.2 Å². The topological polar surface area (TPSA) is 73.3 Å². The molecule has 5 aromatic rings. The van der Waals surface area contributed by atoms with Crippen molar-refractivity contribution < 1.29 is 18.0 Å². The third kappa shape index (κ3) is 4.43.